The normalized spacial score (nSPS) is 13.2. The fourth-order valence-corrected chi connectivity index (χ4v) is 1.38. The van der Waals surface area contributed by atoms with Gasteiger partial charge in [0.05, 0.1) is 11.8 Å². The Kier molecular flexibility index (Phi) is 4.34. The molecule has 1 heterocycles. The number of rotatable bonds is 3. The van der Waals surface area contributed by atoms with Crippen LogP contribution >= 0.6 is 0 Å². The first kappa shape index (κ1) is 14.5. The number of aliphatic hydroxyl groups is 1. The van der Waals surface area contributed by atoms with Crippen molar-refractivity contribution in [3.8, 4) is 0 Å². The molecule has 0 saturated heterocycles. The molecule has 0 fully saturated rings. The third-order valence-corrected chi connectivity index (χ3v) is 2.70. The monoisotopic (exact) mass is 254 g/mol. The van der Waals surface area contributed by atoms with Crippen LogP contribution in [0.4, 0.5) is 10.6 Å². The maximum atomic E-state index is 11.6. The minimum absolute atomic E-state index is 0.214. The number of aromatic nitrogens is 2. The highest BCUT2D eigenvalue weighted by Gasteiger charge is 2.22. The molecule has 3 N–H and O–H groups in total. The molecule has 6 heteroatoms. The van der Waals surface area contributed by atoms with E-state index in [0.29, 0.717) is 5.82 Å². The van der Waals surface area contributed by atoms with Crippen molar-refractivity contribution < 1.29 is 9.90 Å². The fraction of sp³-hybridized carbons (Fsp3) is 0.667. The van der Waals surface area contributed by atoms with E-state index in [1.165, 1.54) is 0 Å². The average molecular weight is 254 g/mol. The second-order valence-electron chi connectivity index (χ2n) is 5.51. The van der Waals surface area contributed by atoms with E-state index in [1.807, 2.05) is 27.7 Å². The van der Waals surface area contributed by atoms with E-state index < -0.39 is 6.10 Å². The Labute approximate surface area is 107 Å². The van der Waals surface area contributed by atoms with Gasteiger partial charge in [-0.3, -0.25) is 10.00 Å². The van der Waals surface area contributed by atoms with Gasteiger partial charge in [0.15, 0.2) is 0 Å². The zero-order chi connectivity index (χ0) is 13.9. The van der Waals surface area contributed by atoms with Gasteiger partial charge in [-0.1, -0.05) is 20.8 Å². The predicted octanol–water partition coefficient (Wildman–Crippen LogP) is 1.26. The molecule has 102 valence electrons. The third kappa shape index (κ3) is 4.03. The second-order valence-corrected chi connectivity index (χ2v) is 5.51. The van der Waals surface area contributed by atoms with Crippen molar-refractivity contribution >= 4 is 11.8 Å². The van der Waals surface area contributed by atoms with Crippen LogP contribution < -0.4 is 10.6 Å². The van der Waals surface area contributed by atoms with Crippen LogP contribution in [0.25, 0.3) is 0 Å². The molecule has 0 aliphatic heterocycles. The van der Waals surface area contributed by atoms with Gasteiger partial charge in [0.1, 0.15) is 5.82 Å². The lowest BCUT2D eigenvalue weighted by molar-refractivity contribution is 0.0654. The summed E-state index contributed by atoms with van der Waals surface area (Å²) in [6.07, 6.45) is -0.587. The van der Waals surface area contributed by atoms with Crippen molar-refractivity contribution in [1.82, 2.24) is 15.1 Å². The van der Waals surface area contributed by atoms with Crippen molar-refractivity contribution in [1.29, 1.82) is 0 Å². The summed E-state index contributed by atoms with van der Waals surface area (Å²) in [6.45, 7) is 7.82. The number of urea groups is 1. The average Bonchev–Trinajstić information content (AvgIpc) is 2.52. The predicted molar refractivity (Wildman–Crippen MR) is 70.4 cm³/mol. The summed E-state index contributed by atoms with van der Waals surface area (Å²) in [5.41, 5.74) is 0.582. The molecule has 1 aromatic heterocycles. The molecular formula is C12H22N4O2. The number of anilines is 1. The van der Waals surface area contributed by atoms with Crippen molar-refractivity contribution in [2.24, 2.45) is 12.5 Å². The van der Waals surface area contributed by atoms with Crippen molar-refractivity contribution in [2.45, 2.75) is 33.8 Å². The molecule has 18 heavy (non-hydrogen) atoms. The van der Waals surface area contributed by atoms with Crippen LogP contribution in [-0.4, -0.2) is 33.6 Å². The molecule has 1 aromatic rings. The Morgan fingerprint density at radius 1 is 1.56 bits per heavy atom. The summed E-state index contributed by atoms with van der Waals surface area (Å²) in [4.78, 5) is 11.6. The number of amides is 2. The second kappa shape index (κ2) is 5.39. The topological polar surface area (TPSA) is 79.2 Å². The highest BCUT2D eigenvalue weighted by atomic mass is 16.3. The number of hydrogen-bond acceptors (Lipinski definition) is 3. The first-order valence-electron chi connectivity index (χ1n) is 5.93. The molecule has 2 amide bonds. The lowest BCUT2D eigenvalue weighted by Gasteiger charge is -2.25. The molecule has 1 rings (SSSR count). The van der Waals surface area contributed by atoms with Crippen molar-refractivity contribution in [3.05, 3.63) is 11.8 Å². The molecular weight excluding hydrogens is 232 g/mol. The summed E-state index contributed by atoms with van der Waals surface area (Å²) in [7, 11) is 1.76. The van der Waals surface area contributed by atoms with E-state index >= 15 is 0 Å². The van der Waals surface area contributed by atoms with Crippen LogP contribution in [0.15, 0.2) is 6.07 Å². The zero-order valence-electron chi connectivity index (χ0n) is 11.6. The quantitative estimate of drug-likeness (QED) is 0.759. The highest BCUT2D eigenvalue weighted by Crippen LogP contribution is 2.18. The standard InChI is InChI=1S/C12H22N4O2/c1-8-6-10(16(5)15-8)14-11(18)13-7-9(17)12(2,3)4/h6,9,17H,7H2,1-5H3,(H2,13,14,18). The third-order valence-electron chi connectivity index (χ3n) is 2.70. The van der Waals surface area contributed by atoms with E-state index in [9.17, 15) is 9.90 Å². The van der Waals surface area contributed by atoms with Gasteiger partial charge in [0.2, 0.25) is 0 Å². The number of aryl methyl sites for hydroxylation is 2. The molecule has 0 aliphatic carbocycles. The van der Waals surface area contributed by atoms with E-state index in [0.717, 1.165) is 5.69 Å². The smallest absolute Gasteiger partial charge is 0.320 e. The van der Waals surface area contributed by atoms with E-state index in [2.05, 4.69) is 15.7 Å². The number of carbonyl (C=O) groups is 1. The van der Waals surface area contributed by atoms with Gasteiger partial charge in [-0.05, 0) is 12.3 Å². The summed E-state index contributed by atoms with van der Waals surface area (Å²) < 4.78 is 1.59. The van der Waals surface area contributed by atoms with Gasteiger partial charge in [-0.2, -0.15) is 5.10 Å². The number of hydrogen-bond donors (Lipinski definition) is 3. The Balaban J connectivity index is 2.46. The lowest BCUT2D eigenvalue weighted by atomic mass is 9.89. The maximum Gasteiger partial charge on any atom is 0.320 e. The van der Waals surface area contributed by atoms with Crippen LogP contribution in [-0.2, 0) is 7.05 Å². The highest BCUT2D eigenvalue weighted by molar-refractivity contribution is 5.88. The van der Waals surface area contributed by atoms with Crippen LogP contribution in [0.2, 0.25) is 0 Å². The first-order valence-corrected chi connectivity index (χ1v) is 5.93. The van der Waals surface area contributed by atoms with Gasteiger partial charge < -0.3 is 10.4 Å². The molecule has 6 nitrogen and oxygen atoms in total. The van der Waals surface area contributed by atoms with Crippen LogP contribution in [0.5, 0.6) is 0 Å². The Bertz CT molecular complexity index is 420. The first-order chi connectivity index (χ1) is 8.20. The van der Waals surface area contributed by atoms with E-state index in [4.69, 9.17) is 0 Å². The van der Waals surface area contributed by atoms with Crippen molar-refractivity contribution in [2.75, 3.05) is 11.9 Å². The number of nitrogens with zero attached hydrogens (tertiary/aromatic N) is 2. The minimum atomic E-state index is -0.587. The van der Waals surface area contributed by atoms with E-state index in [-0.39, 0.29) is 18.0 Å². The molecule has 1 unspecified atom stereocenters. The number of aliphatic hydroxyl groups excluding tert-OH is 1. The van der Waals surface area contributed by atoms with Gasteiger partial charge in [-0.25, -0.2) is 4.79 Å². The maximum absolute atomic E-state index is 11.6. The van der Waals surface area contributed by atoms with Crippen LogP contribution in [0.1, 0.15) is 26.5 Å². The molecule has 0 bridgehead atoms. The van der Waals surface area contributed by atoms with Crippen molar-refractivity contribution in [3.63, 3.8) is 0 Å². The SMILES string of the molecule is Cc1cc(NC(=O)NCC(O)C(C)(C)C)n(C)n1. The van der Waals surface area contributed by atoms with Crippen LogP contribution in [0, 0.1) is 12.3 Å². The Morgan fingerprint density at radius 3 is 2.61 bits per heavy atom. The Hall–Kier alpha value is -1.56. The minimum Gasteiger partial charge on any atom is -0.391 e. The Morgan fingerprint density at radius 2 is 2.17 bits per heavy atom. The van der Waals surface area contributed by atoms with Gasteiger partial charge in [0, 0.05) is 19.7 Å². The molecule has 0 spiro atoms. The molecule has 1 atom stereocenters. The number of nitrogens with one attached hydrogen (secondary N) is 2. The van der Waals surface area contributed by atoms with Gasteiger partial charge in [-0.15, -0.1) is 0 Å². The summed E-state index contributed by atoms with van der Waals surface area (Å²) in [6, 6.07) is 1.43. The van der Waals surface area contributed by atoms with Crippen LogP contribution in [0.3, 0.4) is 0 Å². The molecule has 0 saturated carbocycles. The number of carbonyl (C=O) groups excluding carboxylic acids is 1. The lowest BCUT2D eigenvalue weighted by Crippen LogP contribution is -2.41. The fourth-order valence-electron chi connectivity index (χ4n) is 1.38. The van der Waals surface area contributed by atoms with Gasteiger partial charge in [0.25, 0.3) is 0 Å². The zero-order valence-corrected chi connectivity index (χ0v) is 11.6. The molecule has 0 aliphatic rings. The summed E-state index contributed by atoms with van der Waals surface area (Å²) >= 11 is 0. The largest absolute Gasteiger partial charge is 0.391 e. The van der Waals surface area contributed by atoms with Gasteiger partial charge >= 0.3 is 6.03 Å². The summed E-state index contributed by atoms with van der Waals surface area (Å²) in [5, 5.41) is 19.2. The molecule has 0 aromatic carbocycles. The van der Waals surface area contributed by atoms with E-state index in [1.54, 1.807) is 17.8 Å². The summed E-state index contributed by atoms with van der Waals surface area (Å²) in [5.74, 6) is 0.621. The molecule has 0 radical (unpaired) electrons.